The van der Waals surface area contributed by atoms with E-state index in [1.54, 1.807) is 0 Å². The second-order valence-electron chi connectivity index (χ2n) is 4.81. The summed E-state index contributed by atoms with van der Waals surface area (Å²) in [4.78, 5) is 0. The van der Waals surface area contributed by atoms with E-state index in [4.69, 9.17) is 0 Å². The highest BCUT2D eigenvalue weighted by molar-refractivity contribution is 5.20. The van der Waals surface area contributed by atoms with Crippen LogP contribution in [0.5, 0.6) is 0 Å². The van der Waals surface area contributed by atoms with Crippen molar-refractivity contribution in [3.63, 3.8) is 0 Å². The molecule has 0 radical (unpaired) electrons. The number of hydrogen-bond donors (Lipinski definition) is 2. The van der Waals surface area contributed by atoms with Crippen LogP contribution < -0.4 is 10.6 Å². The van der Waals surface area contributed by atoms with Crippen LogP contribution in [0.4, 0.5) is 0 Å². The maximum absolute atomic E-state index is 3.52. The number of aryl methyl sites for hydroxylation is 1. The predicted octanol–water partition coefficient (Wildman–Crippen LogP) is 2.08. The van der Waals surface area contributed by atoms with Gasteiger partial charge < -0.3 is 10.6 Å². The molecule has 1 atom stereocenters. The maximum atomic E-state index is 3.52. The molecule has 1 aromatic carbocycles. The van der Waals surface area contributed by atoms with Crippen LogP contribution in [0.2, 0.25) is 0 Å². The van der Waals surface area contributed by atoms with Crippen LogP contribution >= 0.6 is 0 Å². The first kappa shape index (κ1) is 11.6. The van der Waals surface area contributed by atoms with Crippen LogP contribution in [0.15, 0.2) is 24.3 Å². The van der Waals surface area contributed by atoms with E-state index >= 15 is 0 Å². The van der Waals surface area contributed by atoms with Crippen molar-refractivity contribution in [3.05, 3.63) is 35.4 Å². The normalized spacial score (nSPS) is 20.2. The molecule has 1 unspecified atom stereocenters. The van der Waals surface area contributed by atoms with Gasteiger partial charge in [0.2, 0.25) is 0 Å². The molecule has 1 heterocycles. The zero-order valence-corrected chi connectivity index (χ0v) is 10.1. The molecule has 0 aliphatic carbocycles. The summed E-state index contributed by atoms with van der Waals surface area (Å²) in [5.41, 5.74) is 2.72. The Kier molecular flexibility index (Phi) is 4.37. The van der Waals surface area contributed by atoms with Crippen molar-refractivity contribution in [2.75, 3.05) is 19.6 Å². The van der Waals surface area contributed by atoms with Gasteiger partial charge in [-0.25, -0.2) is 0 Å². The molecule has 0 spiro atoms. The summed E-state index contributed by atoms with van der Waals surface area (Å²) >= 11 is 0. The van der Waals surface area contributed by atoms with Crippen LogP contribution in [0.1, 0.15) is 24.0 Å². The topological polar surface area (TPSA) is 24.1 Å². The lowest BCUT2D eigenvalue weighted by molar-refractivity contribution is 0.500. The van der Waals surface area contributed by atoms with E-state index in [0.29, 0.717) is 0 Å². The zero-order chi connectivity index (χ0) is 11.2. The van der Waals surface area contributed by atoms with E-state index in [-0.39, 0.29) is 0 Å². The standard InChI is InChI=1S/C14H22N2/c1-12-2-4-13(5-3-12)10-15-8-6-14-7-9-16-11-14/h2-5,14-16H,6-11H2,1H3. The summed E-state index contributed by atoms with van der Waals surface area (Å²) in [5, 5.41) is 6.93. The van der Waals surface area contributed by atoms with Gasteiger partial charge in [-0.2, -0.15) is 0 Å². The molecule has 2 N–H and O–H groups in total. The Labute approximate surface area is 98.4 Å². The summed E-state index contributed by atoms with van der Waals surface area (Å²) in [7, 11) is 0. The number of hydrogen-bond acceptors (Lipinski definition) is 2. The third-order valence-electron chi connectivity index (χ3n) is 3.34. The van der Waals surface area contributed by atoms with Gasteiger partial charge in [0.05, 0.1) is 0 Å². The van der Waals surface area contributed by atoms with Crippen LogP contribution in [0.3, 0.4) is 0 Å². The fraction of sp³-hybridized carbons (Fsp3) is 0.571. The second-order valence-corrected chi connectivity index (χ2v) is 4.81. The molecule has 1 aliphatic heterocycles. The van der Waals surface area contributed by atoms with Crippen molar-refractivity contribution in [2.45, 2.75) is 26.3 Å². The van der Waals surface area contributed by atoms with Gasteiger partial charge in [0.1, 0.15) is 0 Å². The van der Waals surface area contributed by atoms with Gasteiger partial charge in [0, 0.05) is 6.54 Å². The molecule has 1 saturated heterocycles. The smallest absolute Gasteiger partial charge is 0.0205 e. The summed E-state index contributed by atoms with van der Waals surface area (Å²) in [5.74, 6) is 0.894. The van der Waals surface area contributed by atoms with Gasteiger partial charge in [-0.05, 0) is 50.9 Å². The van der Waals surface area contributed by atoms with E-state index in [2.05, 4.69) is 41.8 Å². The van der Waals surface area contributed by atoms with Crippen molar-refractivity contribution in [1.29, 1.82) is 0 Å². The molecule has 0 aromatic heterocycles. The minimum Gasteiger partial charge on any atom is -0.316 e. The molecule has 1 aromatic rings. The average Bonchev–Trinajstić information content (AvgIpc) is 2.80. The van der Waals surface area contributed by atoms with Gasteiger partial charge in [-0.15, -0.1) is 0 Å². The van der Waals surface area contributed by atoms with Gasteiger partial charge in [-0.3, -0.25) is 0 Å². The lowest BCUT2D eigenvalue weighted by atomic mass is 10.1. The van der Waals surface area contributed by atoms with Gasteiger partial charge in [-0.1, -0.05) is 29.8 Å². The molecule has 1 aliphatic rings. The Morgan fingerprint density at radius 2 is 2.12 bits per heavy atom. The molecule has 2 heteroatoms. The second kappa shape index (κ2) is 6.02. The van der Waals surface area contributed by atoms with Crippen LogP contribution in [0, 0.1) is 12.8 Å². The van der Waals surface area contributed by atoms with Crippen molar-refractivity contribution >= 4 is 0 Å². The lowest BCUT2D eigenvalue weighted by Gasteiger charge is -2.09. The first-order valence-electron chi connectivity index (χ1n) is 6.31. The van der Waals surface area contributed by atoms with Gasteiger partial charge in [0.15, 0.2) is 0 Å². The number of nitrogens with one attached hydrogen (secondary N) is 2. The van der Waals surface area contributed by atoms with Gasteiger partial charge in [0.25, 0.3) is 0 Å². The third-order valence-corrected chi connectivity index (χ3v) is 3.34. The Morgan fingerprint density at radius 3 is 2.81 bits per heavy atom. The molecule has 1 fully saturated rings. The number of rotatable bonds is 5. The molecule has 88 valence electrons. The zero-order valence-electron chi connectivity index (χ0n) is 10.1. The fourth-order valence-corrected chi connectivity index (χ4v) is 2.21. The number of benzene rings is 1. The van der Waals surface area contributed by atoms with E-state index < -0.39 is 0 Å². The van der Waals surface area contributed by atoms with Crippen molar-refractivity contribution in [1.82, 2.24) is 10.6 Å². The molecule has 2 rings (SSSR count). The van der Waals surface area contributed by atoms with E-state index in [9.17, 15) is 0 Å². The van der Waals surface area contributed by atoms with Gasteiger partial charge >= 0.3 is 0 Å². The average molecular weight is 218 g/mol. The van der Waals surface area contributed by atoms with E-state index in [0.717, 1.165) is 19.0 Å². The van der Waals surface area contributed by atoms with Crippen molar-refractivity contribution < 1.29 is 0 Å². The Morgan fingerprint density at radius 1 is 1.31 bits per heavy atom. The first-order chi connectivity index (χ1) is 7.84. The monoisotopic (exact) mass is 218 g/mol. The molecule has 16 heavy (non-hydrogen) atoms. The highest BCUT2D eigenvalue weighted by atomic mass is 14.9. The third kappa shape index (κ3) is 3.62. The Balaban J connectivity index is 1.62. The largest absolute Gasteiger partial charge is 0.316 e. The molecule has 0 saturated carbocycles. The van der Waals surface area contributed by atoms with Crippen molar-refractivity contribution in [2.24, 2.45) is 5.92 Å². The van der Waals surface area contributed by atoms with Crippen LogP contribution in [0.25, 0.3) is 0 Å². The first-order valence-corrected chi connectivity index (χ1v) is 6.31. The van der Waals surface area contributed by atoms with Crippen molar-refractivity contribution in [3.8, 4) is 0 Å². The summed E-state index contributed by atoms with van der Waals surface area (Å²) < 4.78 is 0. The molecular weight excluding hydrogens is 196 g/mol. The molecule has 0 amide bonds. The SMILES string of the molecule is Cc1ccc(CNCCC2CCNC2)cc1. The summed E-state index contributed by atoms with van der Waals surface area (Å²) in [6.45, 7) is 6.69. The minimum absolute atomic E-state index is 0.894. The fourth-order valence-electron chi connectivity index (χ4n) is 2.21. The maximum Gasteiger partial charge on any atom is 0.0205 e. The van der Waals surface area contributed by atoms with Crippen LogP contribution in [-0.4, -0.2) is 19.6 Å². The highest BCUT2D eigenvalue weighted by Gasteiger charge is 2.12. The molecule has 0 bridgehead atoms. The molecule has 2 nitrogen and oxygen atoms in total. The lowest BCUT2D eigenvalue weighted by Crippen LogP contribution is -2.19. The van der Waals surface area contributed by atoms with E-state index in [1.807, 2.05) is 0 Å². The predicted molar refractivity (Wildman–Crippen MR) is 68.5 cm³/mol. The summed E-state index contributed by atoms with van der Waals surface area (Å²) in [6.07, 6.45) is 2.66. The van der Waals surface area contributed by atoms with Crippen LogP contribution in [-0.2, 0) is 6.54 Å². The van der Waals surface area contributed by atoms with E-state index in [1.165, 1.54) is 37.1 Å². The Bertz CT molecular complexity index is 299. The highest BCUT2D eigenvalue weighted by Crippen LogP contribution is 2.11. The quantitative estimate of drug-likeness (QED) is 0.739. The minimum atomic E-state index is 0.894. The summed E-state index contributed by atoms with van der Waals surface area (Å²) in [6, 6.07) is 8.77. The molecular formula is C14H22N2. The Hall–Kier alpha value is -0.860.